The molecule has 2 aliphatic heterocycles. The van der Waals surface area contributed by atoms with E-state index in [1.54, 1.807) is 30.3 Å². The topological polar surface area (TPSA) is 66.5 Å². The molecular weight excluding hydrogens is 354 g/mol. The van der Waals surface area contributed by atoms with Crippen LogP contribution in [0.2, 0.25) is 0 Å². The molecular formula is C20H16F2N2O3. The summed E-state index contributed by atoms with van der Waals surface area (Å²) in [5.41, 5.74) is 2.42. The molecule has 1 saturated heterocycles. The number of amides is 3. The highest BCUT2D eigenvalue weighted by Crippen LogP contribution is 2.32. The van der Waals surface area contributed by atoms with Gasteiger partial charge in [0.2, 0.25) is 11.8 Å². The molecule has 3 amide bonds. The number of halogens is 2. The molecule has 1 unspecified atom stereocenters. The highest BCUT2D eigenvalue weighted by atomic mass is 19.3. The van der Waals surface area contributed by atoms with Crippen LogP contribution in [0.3, 0.4) is 0 Å². The first-order valence-corrected chi connectivity index (χ1v) is 8.60. The van der Waals surface area contributed by atoms with Crippen molar-refractivity contribution in [1.82, 2.24) is 10.2 Å². The molecule has 0 aromatic heterocycles. The largest absolute Gasteiger partial charge is 0.322 e. The maximum absolute atomic E-state index is 12.9. The predicted octanol–water partition coefficient (Wildman–Crippen LogP) is 3.05. The van der Waals surface area contributed by atoms with Gasteiger partial charge in [-0.25, -0.2) is 8.78 Å². The third-order valence-corrected chi connectivity index (χ3v) is 5.00. The third kappa shape index (κ3) is 3.09. The minimum absolute atomic E-state index is 0.0792. The molecule has 2 aromatic rings. The first kappa shape index (κ1) is 17.3. The van der Waals surface area contributed by atoms with Gasteiger partial charge in [-0.2, -0.15) is 0 Å². The van der Waals surface area contributed by atoms with Crippen LogP contribution in [0.15, 0.2) is 42.5 Å². The number of hydrogen-bond acceptors (Lipinski definition) is 3. The summed E-state index contributed by atoms with van der Waals surface area (Å²) >= 11 is 0. The lowest BCUT2D eigenvalue weighted by molar-refractivity contribution is -0.136. The van der Waals surface area contributed by atoms with Crippen LogP contribution in [0, 0.1) is 0 Å². The Labute approximate surface area is 154 Å². The van der Waals surface area contributed by atoms with Crippen molar-refractivity contribution in [2.24, 2.45) is 0 Å². The van der Waals surface area contributed by atoms with Gasteiger partial charge in [-0.05, 0) is 35.2 Å². The van der Waals surface area contributed by atoms with Crippen molar-refractivity contribution in [3.05, 3.63) is 59.2 Å². The molecule has 138 valence electrons. The zero-order chi connectivity index (χ0) is 19.1. The second kappa shape index (κ2) is 6.57. The number of hydrogen-bond donors (Lipinski definition) is 1. The zero-order valence-electron chi connectivity index (χ0n) is 14.2. The predicted molar refractivity (Wildman–Crippen MR) is 92.9 cm³/mol. The Bertz CT molecular complexity index is 958. The van der Waals surface area contributed by atoms with Gasteiger partial charge in [-0.1, -0.05) is 30.3 Å². The fourth-order valence-electron chi connectivity index (χ4n) is 3.59. The Morgan fingerprint density at radius 2 is 1.81 bits per heavy atom. The molecule has 1 atom stereocenters. The summed E-state index contributed by atoms with van der Waals surface area (Å²) in [6.07, 6.45) is -2.07. The van der Waals surface area contributed by atoms with E-state index in [-0.39, 0.29) is 30.3 Å². The summed E-state index contributed by atoms with van der Waals surface area (Å²) in [5.74, 6) is -1.08. The fourth-order valence-corrected chi connectivity index (χ4v) is 3.59. The van der Waals surface area contributed by atoms with Crippen molar-refractivity contribution in [2.45, 2.75) is 31.9 Å². The lowest BCUT2D eigenvalue weighted by atomic mass is 9.99. The number of alkyl halides is 2. The van der Waals surface area contributed by atoms with E-state index < -0.39 is 18.4 Å². The molecule has 0 radical (unpaired) electrons. The van der Waals surface area contributed by atoms with Crippen LogP contribution in [0.1, 0.15) is 40.8 Å². The Morgan fingerprint density at radius 3 is 2.56 bits per heavy atom. The van der Waals surface area contributed by atoms with Gasteiger partial charge >= 0.3 is 0 Å². The van der Waals surface area contributed by atoms with E-state index in [9.17, 15) is 23.2 Å². The molecule has 0 spiro atoms. The fraction of sp³-hybridized carbons (Fsp3) is 0.250. The van der Waals surface area contributed by atoms with Gasteiger partial charge in [0.1, 0.15) is 6.04 Å². The molecule has 0 saturated carbocycles. The second-order valence-electron chi connectivity index (χ2n) is 6.70. The van der Waals surface area contributed by atoms with Crippen LogP contribution >= 0.6 is 0 Å². The van der Waals surface area contributed by atoms with Gasteiger partial charge in [0.25, 0.3) is 12.3 Å². The quantitative estimate of drug-likeness (QED) is 0.845. The Hall–Kier alpha value is -3.09. The Morgan fingerprint density at radius 1 is 1.04 bits per heavy atom. The average Bonchev–Trinajstić information content (AvgIpc) is 2.98. The summed E-state index contributed by atoms with van der Waals surface area (Å²) in [7, 11) is 0. The number of benzene rings is 2. The molecule has 4 rings (SSSR count). The molecule has 0 aliphatic carbocycles. The van der Waals surface area contributed by atoms with Gasteiger partial charge < -0.3 is 4.90 Å². The standard InChI is InChI=1S/C20H16F2N2O3/c21-18(22)13-3-1-2-11(8-13)12-4-5-14-10-24(20(27)15(14)9-12)16-6-7-17(25)23-19(16)26/h1-5,8-9,16,18H,6-7,10H2,(H,23,25,26). The van der Waals surface area contributed by atoms with Crippen molar-refractivity contribution in [3.63, 3.8) is 0 Å². The number of piperidine rings is 1. The summed E-state index contributed by atoms with van der Waals surface area (Å²) in [6, 6.07) is 10.6. The van der Waals surface area contributed by atoms with Crippen molar-refractivity contribution in [2.75, 3.05) is 0 Å². The number of nitrogens with zero attached hydrogens (tertiary/aromatic N) is 1. The maximum atomic E-state index is 12.9. The van der Waals surface area contributed by atoms with Gasteiger partial charge in [0, 0.05) is 24.1 Å². The summed E-state index contributed by atoms with van der Waals surface area (Å²) in [4.78, 5) is 37.7. The molecule has 1 fully saturated rings. The van der Waals surface area contributed by atoms with Gasteiger partial charge in [-0.15, -0.1) is 0 Å². The molecule has 7 heteroatoms. The van der Waals surface area contributed by atoms with Crippen LogP contribution in [-0.2, 0) is 16.1 Å². The number of rotatable bonds is 3. The number of carbonyl (C=O) groups excluding carboxylic acids is 3. The third-order valence-electron chi connectivity index (χ3n) is 5.00. The maximum Gasteiger partial charge on any atom is 0.263 e. The Kier molecular flexibility index (Phi) is 4.22. The van der Waals surface area contributed by atoms with E-state index in [0.29, 0.717) is 23.1 Å². The highest BCUT2D eigenvalue weighted by molar-refractivity contribution is 6.05. The highest BCUT2D eigenvalue weighted by Gasteiger charge is 2.39. The summed E-state index contributed by atoms with van der Waals surface area (Å²) < 4.78 is 25.9. The van der Waals surface area contributed by atoms with Crippen molar-refractivity contribution >= 4 is 17.7 Å². The minimum atomic E-state index is -2.57. The first-order chi connectivity index (χ1) is 12.9. The SMILES string of the molecule is O=C1CCC(N2Cc3ccc(-c4cccc(C(F)F)c4)cc3C2=O)C(=O)N1. The van der Waals surface area contributed by atoms with E-state index >= 15 is 0 Å². The first-order valence-electron chi connectivity index (χ1n) is 8.60. The molecule has 1 N–H and O–H groups in total. The zero-order valence-corrected chi connectivity index (χ0v) is 14.2. The molecule has 2 heterocycles. The van der Waals surface area contributed by atoms with Crippen LogP contribution in [0.25, 0.3) is 11.1 Å². The van der Waals surface area contributed by atoms with Gasteiger partial charge in [0.15, 0.2) is 0 Å². The van der Waals surface area contributed by atoms with Crippen LogP contribution in [-0.4, -0.2) is 28.7 Å². The van der Waals surface area contributed by atoms with E-state index in [1.165, 1.54) is 17.0 Å². The van der Waals surface area contributed by atoms with Crippen LogP contribution < -0.4 is 5.32 Å². The lowest BCUT2D eigenvalue weighted by Crippen LogP contribution is -2.52. The number of nitrogens with one attached hydrogen (secondary N) is 1. The van der Waals surface area contributed by atoms with Crippen molar-refractivity contribution in [3.8, 4) is 11.1 Å². The minimum Gasteiger partial charge on any atom is -0.322 e. The number of carbonyl (C=O) groups is 3. The molecule has 5 nitrogen and oxygen atoms in total. The lowest BCUT2D eigenvalue weighted by Gasteiger charge is -2.29. The normalized spacial score (nSPS) is 19.4. The molecule has 2 aliphatic rings. The molecule has 27 heavy (non-hydrogen) atoms. The van der Waals surface area contributed by atoms with E-state index in [0.717, 1.165) is 5.56 Å². The van der Waals surface area contributed by atoms with E-state index in [4.69, 9.17) is 0 Å². The monoisotopic (exact) mass is 370 g/mol. The number of fused-ring (bicyclic) bond motifs is 1. The van der Waals surface area contributed by atoms with Crippen molar-refractivity contribution in [1.29, 1.82) is 0 Å². The molecule has 2 aromatic carbocycles. The van der Waals surface area contributed by atoms with Gasteiger partial charge in [-0.3, -0.25) is 19.7 Å². The Balaban J connectivity index is 1.63. The van der Waals surface area contributed by atoms with Gasteiger partial charge in [0.05, 0.1) is 0 Å². The second-order valence-corrected chi connectivity index (χ2v) is 6.70. The van der Waals surface area contributed by atoms with Crippen molar-refractivity contribution < 1.29 is 23.2 Å². The average molecular weight is 370 g/mol. The van der Waals surface area contributed by atoms with E-state index in [1.807, 2.05) is 0 Å². The summed E-state index contributed by atoms with van der Waals surface area (Å²) in [5, 5.41) is 2.26. The molecule has 0 bridgehead atoms. The van der Waals surface area contributed by atoms with Crippen LogP contribution in [0.4, 0.5) is 8.78 Å². The summed E-state index contributed by atoms with van der Waals surface area (Å²) in [6.45, 7) is 0.289. The van der Waals surface area contributed by atoms with Crippen LogP contribution in [0.5, 0.6) is 0 Å². The number of imide groups is 1. The smallest absolute Gasteiger partial charge is 0.263 e. The van der Waals surface area contributed by atoms with E-state index in [2.05, 4.69) is 5.32 Å².